The molecule has 1 fully saturated rings. The highest BCUT2D eigenvalue weighted by molar-refractivity contribution is 5.90. The summed E-state index contributed by atoms with van der Waals surface area (Å²) >= 11 is 0. The van der Waals surface area contributed by atoms with Crippen molar-refractivity contribution >= 4 is 5.97 Å². The maximum absolute atomic E-state index is 11.8. The summed E-state index contributed by atoms with van der Waals surface area (Å²) in [5, 5.41) is 0. The topological polar surface area (TPSA) is 51.9 Å². The number of esters is 1. The van der Waals surface area contributed by atoms with Gasteiger partial charge in [-0.3, -0.25) is 4.90 Å². The molecule has 0 aromatic carbocycles. The minimum absolute atomic E-state index is 0.206. The second-order valence-corrected chi connectivity index (χ2v) is 4.90. The third-order valence-corrected chi connectivity index (χ3v) is 3.32. The molecule has 5 nitrogen and oxygen atoms in total. The summed E-state index contributed by atoms with van der Waals surface area (Å²) in [6.45, 7) is 8.47. The summed E-state index contributed by atoms with van der Waals surface area (Å²) < 4.78 is 16.0. The van der Waals surface area contributed by atoms with Gasteiger partial charge in [0.25, 0.3) is 0 Å². The molecule has 0 saturated carbocycles. The maximum Gasteiger partial charge on any atom is 0.341 e. The molecular formula is C14H21NO4. The van der Waals surface area contributed by atoms with E-state index in [0.29, 0.717) is 37.1 Å². The molecule has 0 N–H and O–H groups in total. The van der Waals surface area contributed by atoms with Crippen LogP contribution < -0.4 is 0 Å². The van der Waals surface area contributed by atoms with Gasteiger partial charge in [-0.25, -0.2) is 4.79 Å². The minimum atomic E-state index is -0.319. The maximum atomic E-state index is 11.8. The molecule has 2 atom stereocenters. The summed E-state index contributed by atoms with van der Waals surface area (Å²) in [4.78, 5) is 14.0. The van der Waals surface area contributed by atoms with Crippen LogP contribution in [-0.2, 0) is 16.0 Å². The summed E-state index contributed by atoms with van der Waals surface area (Å²) in [5.41, 5.74) is 0.521. The Morgan fingerprint density at radius 2 is 2.32 bits per heavy atom. The van der Waals surface area contributed by atoms with Crippen LogP contribution in [0, 0.1) is 0 Å². The number of ether oxygens (including phenoxy) is 2. The van der Waals surface area contributed by atoms with E-state index in [0.717, 1.165) is 6.54 Å². The molecule has 0 radical (unpaired) electrons. The van der Waals surface area contributed by atoms with E-state index in [2.05, 4.69) is 11.8 Å². The molecule has 0 aliphatic carbocycles. The number of rotatable bonds is 4. The van der Waals surface area contributed by atoms with Gasteiger partial charge in [-0.05, 0) is 26.8 Å². The molecule has 19 heavy (non-hydrogen) atoms. The lowest BCUT2D eigenvalue weighted by molar-refractivity contribution is -0.0546. The van der Waals surface area contributed by atoms with E-state index in [1.165, 1.54) is 6.26 Å². The predicted molar refractivity (Wildman–Crippen MR) is 70.0 cm³/mol. The smallest absolute Gasteiger partial charge is 0.341 e. The zero-order chi connectivity index (χ0) is 13.8. The van der Waals surface area contributed by atoms with Crippen LogP contribution in [0.1, 0.15) is 36.9 Å². The van der Waals surface area contributed by atoms with Crippen molar-refractivity contribution < 1.29 is 18.7 Å². The van der Waals surface area contributed by atoms with Crippen LogP contribution in [0.2, 0.25) is 0 Å². The Labute approximate surface area is 113 Å². The highest BCUT2D eigenvalue weighted by Crippen LogP contribution is 2.19. The zero-order valence-corrected chi connectivity index (χ0v) is 11.7. The van der Waals surface area contributed by atoms with Crippen molar-refractivity contribution in [3.63, 3.8) is 0 Å². The van der Waals surface area contributed by atoms with Crippen LogP contribution in [0.4, 0.5) is 0 Å². The molecular weight excluding hydrogens is 246 g/mol. The first-order valence-electron chi connectivity index (χ1n) is 6.71. The Morgan fingerprint density at radius 3 is 3.05 bits per heavy atom. The molecule has 2 heterocycles. The van der Waals surface area contributed by atoms with E-state index < -0.39 is 0 Å². The molecule has 1 saturated heterocycles. The first-order valence-corrected chi connectivity index (χ1v) is 6.71. The lowest BCUT2D eigenvalue weighted by atomic mass is 10.1. The van der Waals surface area contributed by atoms with E-state index in [1.807, 2.05) is 6.92 Å². The van der Waals surface area contributed by atoms with Crippen molar-refractivity contribution in [2.24, 2.45) is 0 Å². The number of hydrogen-bond donors (Lipinski definition) is 0. The second-order valence-electron chi connectivity index (χ2n) is 4.90. The Kier molecular flexibility index (Phi) is 4.61. The van der Waals surface area contributed by atoms with Crippen molar-refractivity contribution in [1.29, 1.82) is 0 Å². The molecule has 1 aliphatic heterocycles. The molecule has 1 aromatic rings. The van der Waals surface area contributed by atoms with Crippen molar-refractivity contribution in [2.45, 2.75) is 39.5 Å². The van der Waals surface area contributed by atoms with Crippen molar-refractivity contribution in [3.8, 4) is 0 Å². The number of carbonyl (C=O) groups is 1. The second kappa shape index (κ2) is 6.21. The average molecular weight is 267 g/mol. The lowest BCUT2D eigenvalue weighted by Crippen LogP contribution is -2.46. The van der Waals surface area contributed by atoms with E-state index in [-0.39, 0.29) is 12.1 Å². The van der Waals surface area contributed by atoms with Crippen LogP contribution >= 0.6 is 0 Å². The molecule has 2 unspecified atom stereocenters. The van der Waals surface area contributed by atoms with Gasteiger partial charge in [0.15, 0.2) is 0 Å². The largest absolute Gasteiger partial charge is 0.467 e. The van der Waals surface area contributed by atoms with Gasteiger partial charge in [0, 0.05) is 12.6 Å². The lowest BCUT2D eigenvalue weighted by Gasteiger charge is -2.36. The van der Waals surface area contributed by atoms with Crippen LogP contribution in [0.3, 0.4) is 0 Å². The number of morpholine rings is 1. The van der Waals surface area contributed by atoms with E-state index >= 15 is 0 Å². The quantitative estimate of drug-likeness (QED) is 0.782. The summed E-state index contributed by atoms with van der Waals surface area (Å²) in [5.74, 6) is 0.347. The fraction of sp³-hybridized carbons (Fsp3) is 0.643. The molecule has 106 valence electrons. The summed E-state index contributed by atoms with van der Waals surface area (Å²) in [6, 6.07) is 1.98. The van der Waals surface area contributed by atoms with Crippen LogP contribution in [0.15, 0.2) is 16.7 Å². The fourth-order valence-corrected chi connectivity index (χ4v) is 2.23. The van der Waals surface area contributed by atoms with Gasteiger partial charge in [-0.2, -0.15) is 0 Å². The molecule has 0 amide bonds. The third-order valence-electron chi connectivity index (χ3n) is 3.32. The van der Waals surface area contributed by atoms with Crippen molar-refractivity contribution in [1.82, 2.24) is 4.90 Å². The minimum Gasteiger partial charge on any atom is -0.467 e. The van der Waals surface area contributed by atoms with Gasteiger partial charge in [0.2, 0.25) is 0 Å². The van der Waals surface area contributed by atoms with Crippen molar-refractivity contribution in [2.75, 3.05) is 19.8 Å². The Hall–Kier alpha value is -1.33. The Bertz CT molecular complexity index is 429. The fourth-order valence-electron chi connectivity index (χ4n) is 2.23. The summed E-state index contributed by atoms with van der Waals surface area (Å²) in [6.07, 6.45) is 1.74. The van der Waals surface area contributed by atoms with Gasteiger partial charge in [-0.1, -0.05) is 0 Å². The normalized spacial score (nSPS) is 24.4. The van der Waals surface area contributed by atoms with E-state index in [1.54, 1.807) is 13.0 Å². The van der Waals surface area contributed by atoms with Gasteiger partial charge < -0.3 is 13.9 Å². The SMILES string of the molecule is CCOC(=O)c1ccoc1CN1CC(C)OCC1C. The Morgan fingerprint density at radius 1 is 1.53 bits per heavy atom. The molecule has 1 aliphatic rings. The first kappa shape index (κ1) is 14.1. The number of carbonyl (C=O) groups excluding carboxylic acids is 1. The first-order chi connectivity index (χ1) is 9.11. The number of nitrogens with zero attached hydrogens (tertiary/aromatic N) is 1. The Balaban J connectivity index is 2.06. The van der Waals surface area contributed by atoms with E-state index in [4.69, 9.17) is 13.9 Å². The van der Waals surface area contributed by atoms with Gasteiger partial charge in [-0.15, -0.1) is 0 Å². The molecule has 1 aromatic heterocycles. The van der Waals surface area contributed by atoms with Crippen LogP contribution in [-0.4, -0.2) is 42.8 Å². The molecule has 5 heteroatoms. The van der Waals surface area contributed by atoms with Crippen molar-refractivity contribution in [3.05, 3.63) is 23.7 Å². The monoisotopic (exact) mass is 267 g/mol. The van der Waals surface area contributed by atoms with Crippen LogP contribution in [0.25, 0.3) is 0 Å². The third kappa shape index (κ3) is 3.36. The summed E-state index contributed by atoms with van der Waals surface area (Å²) in [7, 11) is 0. The number of furan rings is 1. The van der Waals surface area contributed by atoms with Gasteiger partial charge in [0.05, 0.1) is 32.1 Å². The average Bonchev–Trinajstić information content (AvgIpc) is 2.82. The van der Waals surface area contributed by atoms with Gasteiger partial charge >= 0.3 is 5.97 Å². The standard InChI is InChI=1S/C14H21NO4/c1-4-17-14(16)12-5-6-18-13(12)8-15-7-11(3)19-9-10(15)2/h5-6,10-11H,4,7-9H2,1-3H3. The highest BCUT2D eigenvalue weighted by Gasteiger charge is 2.26. The van der Waals surface area contributed by atoms with Gasteiger partial charge in [0.1, 0.15) is 11.3 Å². The van der Waals surface area contributed by atoms with E-state index in [9.17, 15) is 4.79 Å². The molecule has 0 bridgehead atoms. The molecule has 0 spiro atoms. The predicted octanol–water partition coefficient (Wildman–Crippen LogP) is 2.07. The van der Waals surface area contributed by atoms with Crippen LogP contribution in [0.5, 0.6) is 0 Å². The highest BCUT2D eigenvalue weighted by atomic mass is 16.5. The number of hydrogen-bond acceptors (Lipinski definition) is 5. The zero-order valence-electron chi connectivity index (χ0n) is 11.7. The molecule has 2 rings (SSSR count).